The molecule has 0 fully saturated rings. The van der Waals surface area contributed by atoms with Crippen molar-refractivity contribution in [3.05, 3.63) is 50.9 Å². The monoisotopic (exact) mass is 413 g/mol. The zero-order valence-electron chi connectivity index (χ0n) is 11.2. The molecule has 4 nitrogen and oxygen atoms in total. The van der Waals surface area contributed by atoms with Crippen LogP contribution < -0.4 is 10.5 Å². The molecular formula is C15H13Br2NO3. The summed E-state index contributed by atoms with van der Waals surface area (Å²) in [4.78, 5) is 11.8. The maximum Gasteiger partial charge on any atom is 0.340 e. The van der Waals surface area contributed by atoms with Gasteiger partial charge in [0.15, 0.2) is 0 Å². The third-order valence-corrected chi connectivity index (χ3v) is 3.75. The Bertz CT molecular complexity index is 674. The second-order valence-electron chi connectivity index (χ2n) is 4.15. The fourth-order valence-corrected chi connectivity index (χ4v) is 2.80. The maximum absolute atomic E-state index is 11.8. The number of nitrogens with two attached hydrogens (primary N) is 1. The molecule has 21 heavy (non-hydrogen) atoms. The van der Waals surface area contributed by atoms with Crippen LogP contribution in [0.3, 0.4) is 0 Å². The minimum absolute atomic E-state index is 0.293. The molecule has 2 aromatic carbocycles. The van der Waals surface area contributed by atoms with Crippen molar-refractivity contribution in [2.24, 2.45) is 0 Å². The van der Waals surface area contributed by atoms with Gasteiger partial charge in [0.1, 0.15) is 11.5 Å². The number of benzene rings is 2. The molecule has 0 aliphatic heterocycles. The highest BCUT2D eigenvalue weighted by Crippen LogP contribution is 2.33. The smallest absolute Gasteiger partial charge is 0.340 e. The first-order valence-corrected chi connectivity index (χ1v) is 7.79. The van der Waals surface area contributed by atoms with Gasteiger partial charge >= 0.3 is 5.97 Å². The van der Waals surface area contributed by atoms with Crippen LogP contribution >= 0.6 is 31.9 Å². The summed E-state index contributed by atoms with van der Waals surface area (Å²) >= 11 is 6.80. The van der Waals surface area contributed by atoms with Crippen LogP contribution in [-0.4, -0.2) is 12.6 Å². The van der Waals surface area contributed by atoms with Gasteiger partial charge in [-0.05, 0) is 59.3 Å². The zero-order chi connectivity index (χ0) is 15.4. The molecule has 0 bridgehead atoms. The summed E-state index contributed by atoms with van der Waals surface area (Å²) in [5.41, 5.74) is 6.44. The standard InChI is InChI=1S/C15H13Br2NO3/c1-2-20-15(19)11-8-10(4-5-13(11)18)21-14-6-3-9(16)7-12(14)17/h3-8H,2,18H2,1H3. The molecule has 0 heterocycles. The summed E-state index contributed by atoms with van der Waals surface area (Å²) in [5, 5.41) is 0. The van der Waals surface area contributed by atoms with Crippen molar-refractivity contribution in [3.63, 3.8) is 0 Å². The molecule has 0 spiro atoms. The number of ether oxygens (including phenoxy) is 2. The van der Waals surface area contributed by atoms with Gasteiger partial charge < -0.3 is 15.2 Å². The average Bonchev–Trinajstić information content (AvgIpc) is 2.44. The topological polar surface area (TPSA) is 61.5 Å². The van der Waals surface area contributed by atoms with Gasteiger partial charge in [-0.1, -0.05) is 15.9 Å². The first-order chi connectivity index (χ1) is 10.0. The average molecular weight is 415 g/mol. The molecular weight excluding hydrogens is 402 g/mol. The Hall–Kier alpha value is -1.53. The SMILES string of the molecule is CCOC(=O)c1cc(Oc2ccc(Br)cc2Br)ccc1N. The van der Waals surface area contributed by atoms with Crippen LogP contribution in [0.15, 0.2) is 45.3 Å². The Balaban J connectivity index is 2.28. The van der Waals surface area contributed by atoms with Gasteiger partial charge in [-0.3, -0.25) is 0 Å². The second kappa shape index (κ2) is 6.95. The van der Waals surface area contributed by atoms with E-state index in [1.54, 1.807) is 25.1 Å². The van der Waals surface area contributed by atoms with Gasteiger partial charge in [0.2, 0.25) is 0 Å². The lowest BCUT2D eigenvalue weighted by molar-refractivity contribution is 0.0527. The van der Waals surface area contributed by atoms with Crippen LogP contribution in [0.25, 0.3) is 0 Å². The van der Waals surface area contributed by atoms with Gasteiger partial charge in [-0.15, -0.1) is 0 Å². The van der Waals surface area contributed by atoms with Gasteiger partial charge in [-0.2, -0.15) is 0 Å². The van der Waals surface area contributed by atoms with E-state index >= 15 is 0 Å². The largest absolute Gasteiger partial charge is 0.462 e. The van der Waals surface area contributed by atoms with Gasteiger partial charge in [0, 0.05) is 10.2 Å². The lowest BCUT2D eigenvalue weighted by Crippen LogP contribution is -2.08. The lowest BCUT2D eigenvalue weighted by Gasteiger charge is -2.11. The molecule has 0 aliphatic rings. The van der Waals surface area contributed by atoms with Crippen molar-refractivity contribution < 1.29 is 14.3 Å². The number of hydrogen-bond donors (Lipinski definition) is 1. The maximum atomic E-state index is 11.8. The third-order valence-electron chi connectivity index (χ3n) is 2.64. The van der Waals surface area contributed by atoms with Gasteiger partial charge in [-0.25, -0.2) is 4.79 Å². The number of rotatable bonds is 4. The molecule has 0 aliphatic carbocycles. The van der Waals surface area contributed by atoms with Crippen LogP contribution in [0.1, 0.15) is 17.3 Å². The van der Waals surface area contributed by atoms with E-state index in [1.165, 1.54) is 0 Å². The van der Waals surface area contributed by atoms with Gasteiger partial charge in [0.05, 0.1) is 16.6 Å². The number of carbonyl (C=O) groups is 1. The quantitative estimate of drug-likeness (QED) is 0.578. The summed E-state index contributed by atoms with van der Waals surface area (Å²) < 4.78 is 12.5. The Morgan fingerprint density at radius 3 is 2.62 bits per heavy atom. The van der Waals surface area contributed by atoms with E-state index in [1.807, 2.05) is 18.2 Å². The van der Waals surface area contributed by atoms with Crippen LogP contribution in [0.4, 0.5) is 5.69 Å². The number of hydrogen-bond acceptors (Lipinski definition) is 4. The van der Waals surface area contributed by atoms with E-state index in [-0.39, 0.29) is 0 Å². The number of esters is 1. The van der Waals surface area contributed by atoms with Gasteiger partial charge in [0.25, 0.3) is 0 Å². The Kier molecular flexibility index (Phi) is 5.25. The molecule has 0 aromatic heterocycles. The molecule has 6 heteroatoms. The first kappa shape index (κ1) is 15.9. The molecule has 0 atom stereocenters. The summed E-state index contributed by atoms with van der Waals surface area (Å²) in [6.07, 6.45) is 0. The van der Waals surface area contributed by atoms with Crippen LogP contribution in [-0.2, 0) is 4.74 Å². The van der Waals surface area contributed by atoms with Crippen LogP contribution in [0, 0.1) is 0 Å². The van der Waals surface area contributed by atoms with E-state index in [0.29, 0.717) is 29.4 Å². The summed E-state index contributed by atoms with van der Waals surface area (Å²) in [6.45, 7) is 2.04. The Morgan fingerprint density at radius 1 is 1.19 bits per heavy atom. The second-order valence-corrected chi connectivity index (χ2v) is 5.92. The minimum atomic E-state index is -0.463. The molecule has 0 amide bonds. The predicted molar refractivity (Wildman–Crippen MR) is 88.7 cm³/mol. The molecule has 0 unspecified atom stereocenters. The summed E-state index contributed by atoms with van der Waals surface area (Å²) in [5.74, 6) is 0.684. The molecule has 2 N–H and O–H groups in total. The molecule has 0 saturated carbocycles. The van der Waals surface area contributed by atoms with E-state index in [0.717, 1.165) is 8.95 Å². The molecule has 0 saturated heterocycles. The highest BCUT2D eigenvalue weighted by Gasteiger charge is 2.13. The molecule has 2 aromatic rings. The fraction of sp³-hybridized carbons (Fsp3) is 0.133. The van der Waals surface area contributed by atoms with Crippen molar-refractivity contribution in [1.29, 1.82) is 0 Å². The summed E-state index contributed by atoms with van der Waals surface area (Å²) in [7, 11) is 0. The predicted octanol–water partition coefficient (Wildman–Crippen LogP) is 4.76. The van der Waals surface area contributed by atoms with Crippen molar-refractivity contribution in [3.8, 4) is 11.5 Å². The number of anilines is 1. The normalized spacial score (nSPS) is 10.2. The van der Waals surface area contributed by atoms with Crippen LogP contribution in [0.5, 0.6) is 11.5 Å². The first-order valence-electron chi connectivity index (χ1n) is 6.20. The zero-order valence-corrected chi connectivity index (χ0v) is 14.4. The number of halogens is 2. The van der Waals surface area contributed by atoms with Crippen molar-refractivity contribution in [2.45, 2.75) is 6.92 Å². The molecule has 2 rings (SSSR count). The number of carbonyl (C=O) groups excluding carboxylic acids is 1. The Morgan fingerprint density at radius 2 is 1.95 bits per heavy atom. The molecule has 0 radical (unpaired) electrons. The van der Waals surface area contributed by atoms with Crippen molar-refractivity contribution in [1.82, 2.24) is 0 Å². The highest BCUT2D eigenvalue weighted by atomic mass is 79.9. The third kappa shape index (κ3) is 3.98. The van der Waals surface area contributed by atoms with E-state index in [9.17, 15) is 4.79 Å². The summed E-state index contributed by atoms with van der Waals surface area (Å²) in [6, 6.07) is 10.4. The fourth-order valence-electron chi connectivity index (χ4n) is 1.67. The van der Waals surface area contributed by atoms with E-state index < -0.39 is 5.97 Å². The molecule has 110 valence electrons. The highest BCUT2D eigenvalue weighted by molar-refractivity contribution is 9.11. The number of nitrogen functional groups attached to an aromatic ring is 1. The van der Waals surface area contributed by atoms with E-state index in [2.05, 4.69) is 31.9 Å². The van der Waals surface area contributed by atoms with E-state index in [4.69, 9.17) is 15.2 Å². The van der Waals surface area contributed by atoms with Crippen molar-refractivity contribution in [2.75, 3.05) is 12.3 Å². The van der Waals surface area contributed by atoms with Crippen molar-refractivity contribution >= 4 is 43.5 Å². The lowest BCUT2D eigenvalue weighted by atomic mass is 10.1. The van der Waals surface area contributed by atoms with Crippen LogP contribution in [0.2, 0.25) is 0 Å². The Labute approximate surface area is 139 Å². The minimum Gasteiger partial charge on any atom is -0.462 e.